The third kappa shape index (κ3) is 3.00. The van der Waals surface area contributed by atoms with Crippen LogP contribution >= 0.6 is 11.3 Å². The van der Waals surface area contributed by atoms with Crippen molar-refractivity contribution in [1.82, 2.24) is 13.8 Å². The molecule has 0 amide bonds. The minimum absolute atomic E-state index is 0.0284. The highest BCUT2D eigenvalue weighted by molar-refractivity contribution is 7.92. The second-order valence-corrected chi connectivity index (χ2v) is 9.10. The Hall–Kier alpha value is -2.66. The zero-order valence-electron chi connectivity index (χ0n) is 14.1. The number of nitrogens with zero attached hydrogens (tertiary/aromatic N) is 3. The Balaban J connectivity index is 1.76. The molecule has 0 saturated heterocycles. The molecule has 0 bridgehead atoms. The summed E-state index contributed by atoms with van der Waals surface area (Å²) in [5.41, 5.74) is -0.604. The molecule has 11 heteroatoms. The Morgan fingerprint density at radius 3 is 2.50 bits per heavy atom. The first-order valence-electron chi connectivity index (χ1n) is 7.81. The maximum atomic E-state index is 13.3. The molecule has 0 aliphatic carbocycles. The van der Waals surface area contributed by atoms with Crippen LogP contribution in [0.25, 0.3) is 21.5 Å². The van der Waals surface area contributed by atoms with Gasteiger partial charge in [0.15, 0.2) is 0 Å². The van der Waals surface area contributed by atoms with Crippen LogP contribution in [-0.2, 0) is 23.2 Å². The van der Waals surface area contributed by atoms with Crippen molar-refractivity contribution >= 4 is 32.3 Å². The number of fused-ring (bicyclic) bond motifs is 1. The predicted octanol–water partition coefficient (Wildman–Crippen LogP) is 4.50. The van der Waals surface area contributed by atoms with E-state index < -0.39 is 27.7 Å². The number of thiophene rings is 1. The Labute approximate surface area is 160 Å². The SMILES string of the molecule is Cn1nc(-c2ccc(S(=O)(=O)n3ccc4cc(F)ccc43)s2)cc1C(F)(F)F. The molecule has 3 heterocycles. The summed E-state index contributed by atoms with van der Waals surface area (Å²) >= 11 is 0.809. The summed E-state index contributed by atoms with van der Waals surface area (Å²) in [6.45, 7) is 0. The van der Waals surface area contributed by atoms with Gasteiger partial charge < -0.3 is 0 Å². The van der Waals surface area contributed by atoms with Crippen molar-refractivity contribution in [2.75, 3.05) is 0 Å². The van der Waals surface area contributed by atoms with E-state index in [2.05, 4.69) is 5.10 Å². The zero-order chi connectivity index (χ0) is 20.3. The van der Waals surface area contributed by atoms with Crippen molar-refractivity contribution in [3.63, 3.8) is 0 Å². The maximum absolute atomic E-state index is 13.3. The van der Waals surface area contributed by atoms with Gasteiger partial charge in [0.1, 0.15) is 21.4 Å². The normalized spacial score (nSPS) is 12.8. The molecule has 5 nitrogen and oxygen atoms in total. The summed E-state index contributed by atoms with van der Waals surface area (Å²) in [5, 5.41) is 4.25. The number of hydrogen-bond donors (Lipinski definition) is 0. The summed E-state index contributed by atoms with van der Waals surface area (Å²) in [4.78, 5) is 0.284. The lowest BCUT2D eigenvalue weighted by Gasteiger charge is -2.05. The molecule has 3 aromatic heterocycles. The Morgan fingerprint density at radius 1 is 1.07 bits per heavy atom. The molecule has 1 aromatic carbocycles. The quantitative estimate of drug-likeness (QED) is 0.451. The van der Waals surface area contributed by atoms with Crippen molar-refractivity contribution in [2.24, 2.45) is 7.05 Å². The van der Waals surface area contributed by atoms with E-state index in [1.165, 1.54) is 43.6 Å². The van der Waals surface area contributed by atoms with Crippen LogP contribution in [0, 0.1) is 5.82 Å². The molecule has 0 unspecified atom stereocenters. The number of halogens is 4. The molecule has 0 saturated carbocycles. The third-order valence-corrected chi connectivity index (χ3v) is 7.40. The summed E-state index contributed by atoms with van der Waals surface area (Å²) in [7, 11) is -2.83. The molecule has 4 rings (SSSR count). The molecule has 146 valence electrons. The smallest absolute Gasteiger partial charge is 0.263 e. The lowest BCUT2D eigenvalue weighted by molar-refractivity contribution is -0.143. The fraction of sp³-hybridized carbons (Fsp3) is 0.118. The zero-order valence-corrected chi connectivity index (χ0v) is 15.7. The lowest BCUT2D eigenvalue weighted by atomic mass is 10.2. The Bertz CT molecular complexity index is 1300. The average molecular weight is 429 g/mol. The molecule has 0 radical (unpaired) electrons. The van der Waals surface area contributed by atoms with Crippen molar-refractivity contribution < 1.29 is 26.0 Å². The van der Waals surface area contributed by atoms with Crippen LogP contribution in [-0.4, -0.2) is 22.2 Å². The molecule has 0 spiro atoms. The van der Waals surface area contributed by atoms with Crippen molar-refractivity contribution in [3.05, 3.63) is 60.2 Å². The van der Waals surface area contributed by atoms with E-state index in [0.717, 1.165) is 27.4 Å². The van der Waals surface area contributed by atoms with Gasteiger partial charge in [-0.2, -0.15) is 26.7 Å². The van der Waals surface area contributed by atoms with Gasteiger partial charge in [-0.05, 0) is 42.5 Å². The van der Waals surface area contributed by atoms with Crippen LogP contribution in [0.4, 0.5) is 17.6 Å². The molecule has 4 aromatic rings. The van der Waals surface area contributed by atoms with Gasteiger partial charge in [0.25, 0.3) is 10.0 Å². The van der Waals surface area contributed by atoms with Crippen LogP contribution in [0.3, 0.4) is 0 Å². The topological polar surface area (TPSA) is 56.9 Å². The van der Waals surface area contributed by atoms with Gasteiger partial charge in [0, 0.05) is 18.6 Å². The van der Waals surface area contributed by atoms with E-state index in [4.69, 9.17) is 0 Å². The minimum atomic E-state index is -4.56. The standard InChI is InChI=1S/C17H11F4N3O2S2/c1-23-15(17(19,20)21)9-12(22-23)14-4-5-16(27-14)28(25,26)24-7-6-10-8-11(18)2-3-13(10)24/h2-9H,1H3. The van der Waals surface area contributed by atoms with Crippen molar-refractivity contribution in [1.29, 1.82) is 0 Å². The van der Waals surface area contributed by atoms with E-state index in [-0.39, 0.29) is 14.8 Å². The molecule has 0 aliphatic rings. The summed E-state index contributed by atoms with van der Waals surface area (Å²) in [5.74, 6) is -0.489. The van der Waals surface area contributed by atoms with Gasteiger partial charge in [0.05, 0.1) is 10.4 Å². The van der Waals surface area contributed by atoms with Crippen LogP contribution in [0.5, 0.6) is 0 Å². The number of benzene rings is 1. The fourth-order valence-corrected chi connectivity index (χ4v) is 5.55. The van der Waals surface area contributed by atoms with E-state index >= 15 is 0 Å². The van der Waals surface area contributed by atoms with E-state index in [9.17, 15) is 26.0 Å². The number of aryl methyl sites for hydroxylation is 1. The number of hydrogen-bond acceptors (Lipinski definition) is 4. The number of alkyl halides is 3. The predicted molar refractivity (Wildman–Crippen MR) is 96.0 cm³/mol. The van der Waals surface area contributed by atoms with Crippen LogP contribution in [0.1, 0.15) is 5.69 Å². The largest absolute Gasteiger partial charge is 0.433 e. The van der Waals surface area contributed by atoms with Gasteiger partial charge in [-0.3, -0.25) is 4.68 Å². The molecule has 0 atom stereocenters. The lowest BCUT2D eigenvalue weighted by Crippen LogP contribution is -2.11. The molecular weight excluding hydrogens is 418 g/mol. The van der Waals surface area contributed by atoms with E-state index in [0.29, 0.717) is 15.6 Å². The monoisotopic (exact) mass is 429 g/mol. The van der Waals surface area contributed by atoms with Crippen LogP contribution in [0.15, 0.2) is 52.9 Å². The number of rotatable bonds is 3. The van der Waals surface area contributed by atoms with Gasteiger partial charge in [-0.1, -0.05) is 0 Å². The van der Waals surface area contributed by atoms with Crippen LogP contribution in [0.2, 0.25) is 0 Å². The Kier molecular flexibility index (Phi) is 4.12. The Morgan fingerprint density at radius 2 is 1.82 bits per heavy atom. The second kappa shape index (κ2) is 6.17. The summed E-state index contributed by atoms with van der Waals surface area (Å²) < 4.78 is 79.7. The average Bonchev–Trinajstić information content (AvgIpc) is 3.30. The van der Waals surface area contributed by atoms with Crippen molar-refractivity contribution in [3.8, 4) is 10.6 Å². The van der Waals surface area contributed by atoms with Gasteiger partial charge in [-0.15, -0.1) is 11.3 Å². The summed E-state index contributed by atoms with van der Waals surface area (Å²) in [6, 6.07) is 8.78. The van der Waals surface area contributed by atoms with E-state index in [1.54, 1.807) is 0 Å². The van der Waals surface area contributed by atoms with E-state index in [1.807, 2.05) is 0 Å². The molecule has 0 aliphatic heterocycles. The minimum Gasteiger partial charge on any atom is -0.263 e. The first kappa shape index (κ1) is 18.7. The van der Waals surface area contributed by atoms with Gasteiger partial charge >= 0.3 is 6.18 Å². The highest BCUT2D eigenvalue weighted by Gasteiger charge is 2.35. The third-order valence-electron chi connectivity index (χ3n) is 4.13. The first-order valence-corrected chi connectivity index (χ1v) is 10.1. The second-order valence-electron chi connectivity index (χ2n) is 5.97. The maximum Gasteiger partial charge on any atom is 0.433 e. The molecular formula is C17H11F4N3O2S2. The molecule has 0 fully saturated rings. The highest BCUT2D eigenvalue weighted by atomic mass is 32.2. The molecule has 0 N–H and O–H groups in total. The number of aromatic nitrogens is 3. The first-order chi connectivity index (χ1) is 13.1. The summed E-state index contributed by atoms with van der Waals surface area (Å²) in [6.07, 6.45) is -3.26. The fourth-order valence-electron chi connectivity index (χ4n) is 2.84. The van der Waals surface area contributed by atoms with Gasteiger partial charge in [0.2, 0.25) is 0 Å². The van der Waals surface area contributed by atoms with Crippen molar-refractivity contribution in [2.45, 2.75) is 10.4 Å². The van der Waals surface area contributed by atoms with Crippen LogP contribution < -0.4 is 0 Å². The highest BCUT2D eigenvalue weighted by Crippen LogP contribution is 2.36. The molecule has 28 heavy (non-hydrogen) atoms. The van der Waals surface area contributed by atoms with Gasteiger partial charge in [-0.25, -0.2) is 8.36 Å².